The topological polar surface area (TPSA) is 98.1 Å². The summed E-state index contributed by atoms with van der Waals surface area (Å²) in [4.78, 5) is 29.3. The van der Waals surface area contributed by atoms with Crippen molar-refractivity contribution in [1.29, 1.82) is 5.26 Å². The van der Waals surface area contributed by atoms with Crippen LogP contribution in [0.25, 0.3) is 0 Å². The van der Waals surface area contributed by atoms with E-state index in [1.54, 1.807) is 12.1 Å². The van der Waals surface area contributed by atoms with Crippen LogP contribution in [0.2, 0.25) is 0 Å². The predicted molar refractivity (Wildman–Crippen MR) is 82.7 cm³/mol. The van der Waals surface area contributed by atoms with Gasteiger partial charge >= 0.3 is 0 Å². The summed E-state index contributed by atoms with van der Waals surface area (Å²) in [6, 6.07) is 2.26. The Bertz CT molecular complexity index is 747. The molecule has 0 unspecified atom stereocenters. The third-order valence-corrected chi connectivity index (χ3v) is 4.33. The molecule has 1 atom stereocenters. The molecule has 0 aliphatic carbocycles. The number of pyridine rings is 1. The Balaban J connectivity index is 1.61. The van der Waals surface area contributed by atoms with Gasteiger partial charge in [-0.2, -0.15) is 5.26 Å². The molecule has 2 aliphatic heterocycles. The molecule has 0 radical (unpaired) electrons. The van der Waals surface area contributed by atoms with E-state index in [-0.39, 0.29) is 0 Å². The summed E-state index contributed by atoms with van der Waals surface area (Å²) in [7, 11) is 0. The van der Waals surface area contributed by atoms with Crippen molar-refractivity contribution in [2.24, 2.45) is 0 Å². The Hall–Kier alpha value is -2.60. The Morgan fingerprint density at radius 3 is 3.08 bits per heavy atom. The molecule has 1 saturated heterocycles. The van der Waals surface area contributed by atoms with E-state index in [2.05, 4.69) is 15.6 Å². The largest absolute Gasteiger partial charge is 0.343 e. The summed E-state index contributed by atoms with van der Waals surface area (Å²) in [5.41, 5.74) is 2.17. The van der Waals surface area contributed by atoms with E-state index in [0.29, 0.717) is 12.1 Å². The standard InChI is InChI=1S/C16H17F2N5O2/c17-16(18)4-12(5-19)23(9-16)14(24)8-22-15(25)11-3-10-1-2-20-7-13(10)21-6-11/h3,6,12,20H,1-2,4,7-9H2,(H,22,25)/t12-/m0/s1. The van der Waals surface area contributed by atoms with Gasteiger partial charge in [0.15, 0.2) is 0 Å². The number of likely N-dealkylation sites (tertiary alicyclic amines) is 1. The molecule has 2 amide bonds. The number of carbonyl (C=O) groups is 2. The van der Waals surface area contributed by atoms with Crippen LogP contribution in [0.4, 0.5) is 8.78 Å². The molecule has 25 heavy (non-hydrogen) atoms. The van der Waals surface area contributed by atoms with Gasteiger partial charge < -0.3 is 15.5 Å². The van der Waals surface area contributed by atoms with Crippen molar-refractivity contribution in [3.63, 3.8) is 0 Å². The molecule has 132 valence electrons. The quantitative estimate of drug-likeness (QED) is 0.813. The summed E-state index contributed by atoms with van der Waals surface area (Å²) < 4.78 is 26.7. The van der Waals surface area contributed by atoms with Crippen LogP contribution in [0.15, 0.2) is 12.3 Å². The fraction of sp³-hybridized carbons (Fsp3) is 0.500. The number of fused-ring (bicyclic) bond motifs is 1. The molecule has 1 fully saturated rings. The lowest BCUT2D eigenvalue weighted by atomic mass is 10.0. The van der Waals surface area contributed by atoms with Crippen LogP contribution >= 0.6 is 0 Å². The van der Waals surface area contributed by atoms with Crippen LogP contribution in [0.3, 0.4) is 0 Å². The third kappa shape index (κ3) is 3.74. The van der Waals surface area contributed by atoms with E-state index < -0.39 is 43.3 Å². The van der Waals surface area contributed by atoms with Gasteiger partial charge in [-0.1, -0.05) is 0 Å². The summed E-state index contributed by atoms with van der Waals surface area (Å²) in [5, 5.41) is 14.5. The molecule has 9 heteroatoms. The van der Waals surface area contributed by atoms with Gasteiger partial charge in [0.2, 0.25) is 5.91 Å². The normalized spacial score (nSPS) is 21.3. The maximum absolute atomic E-state index is 13.4. The number of nitrogens with one attached hydrogen (secondary N) is 2. The van der Waals surface area contributed by atoms with Crippen molar-refractivity contribution in [2.45, 2.75) is 31.4 Å². The molecule has 0 bridgehead atoms. The number of nitriles is 1. The zero-order valence-corrected chi connectivity index (χ0v) is 13.4. The van der Waals surface area contributed by atoms with E-state index in [0.717, 1.165) is 29.1 Å². The number of aromatic nitrogens is 1. The van der Waals surface area contributed by atoms with Crippen LogP contribution in [-0.2, 0) is 17.8 Å². The molecule has 0 saturated carbocycles. The fourth-order valence-electron chi connectivity index (χ4n) is 3.02. The second-order valence-corrected chi connectivity index (χ2v) is 6.17. The second kappa shape index (κ2) is 6.72. The van der Waals surface area contributed by atoms with Gasteiger partial charge in [0.1, 0.15) is 6.04 Å². The van der Waals surface area contributed by atoms with E-state index in [1.807, 2.05) is 0 Å². The summed E-state index contributed by atoms with van der Waals surface area (Å²) in [6.45, 7) is 0.213. The molecule has 3 rings (SSSR count). The lowest BCUT2D eigenvalue weighted by Crippen LogP contribution is -2.43. The number of halogens is 2. The Labute approximate surface area is 143 Å². The summed E-state index contributed by atoms with van der Waals surface area (Å²) >= 11 is 0. The van der Waals surface area contributed by atoms with Crippen LogP contribution < -0.4 is 10.6 Å². The monoisotopic (exact) mass is 349 g/mol. The highest BCUT2D eigenvalue weighted by Crippen LogP contribution is 2.31. The molecule has 0 aromatic carbocycles. The molecule has 1 aromatic heterocycles. The number of alkyl halides is 2. The van der Waals surface area contributed by atoms with E-state index >= 15 is 0 Å². The van der Waals surface area contributed by atoms with Crippen LogP contribution in [-0.4, -0.2) is 53.3 Å². The molecule has 7 nitrogen and oxygen atoms in total. The summed E-state index contributed by atoms with van der Waals surface area (Å²) in [6.07, 6.45) is 1.51. The first-order chi connectivity index (χ1) is 11.9. The van der Waals surface area contributed by atoms with Gasteiger partial charge in [-0.25, -0.2) is 8.78 Å². The smallest absolute Gasteiger partial charge is 0.268 e. The molecular weight excluding hydrogens is 332 g/mol. The Morgan fingerprint density at radius 2 is 2.32 bits per heavy atom. The van der Waals surface area contributed by atoms with E-state index in [4.69, 9.17) is 5.26 Å². The van der Waals surface area contributed by atoms with Gasteiger partial charge in [0.05, 0.1) is 30.4 Å². The van der Waals surface area contributed by atoms with Gasteiger partial charge in [-0.3, -0.25) is 14.6 Å². The first-order valence-electron chi connectivity index (χ1n) is 7.93. The Morgan fingerprint density at radius 1 is 1.52 bits per heavy atom. The van der Waals surface area contributed by atoms with Crippen molar-refractivity contribution >= 4 is 11.8 Å². The number of carbonyl (C=O) groups excluding carboxylic acids is 2. The van der Waals surface area contributed by atoms with E-state index in [9.17, 15) is 18.4 Å². The lowest BCUT2D eigenvalue weighted by molar-refractivity contribution is -0.131. The van der Waals surface area contributed by atoms with Crippen LogP contribution in [0.5, 0.6) is 0 Å². The van der Waals surface area contributed by atoms with Crippen molar-refractivity contribution in [3.8, 4) is 6.07 Å². The number of hydrogen-bond acceptors (Lipinski definition) is 5. The minimum atomic E-state index is -3.07. The Kier molecular flexibility index (Phi) is 4.63. The number of hydrogen-bond donors (Lipinski definition) is 2. The highest BCUT2D eigenvalue weighted by molar-refractivity contribution is 5.96. The van der Waals surface area contributed by atoms with Crippen molar-refractivity contribution in [1.82, 2.24) is 20.5 Å². The third-order valence-electron chi connectivity index (χ3n) is 4.33. The maximum Gasteiger partial charge on any atom is 0.268 e. The molecule has 0 spiro atoms. The average molecular weight is 349 g/mol. The number of rotatable bonds is 3. The van der Waals surface area contributed by atoms with Crippen molar-refractivity contribution in [3.05, 3.63) is 29.1 Å². The molecule has 1 aromatic rings. The SMILES string of the molecule is N#C[C@@H]1CC(F)(F)CN1C(=O)CNC(=O)c1cnc2c(c1)CCNC2. The minimum Gasteiger partial charge on any atom is -0.343 e. The average Bonchev–Trinajstić information content (AvgIpc) is 2.93. The fourth-order valence-corrected chi connectivity index (χ4v) is 3.02. The minimum absolute atomic E-state index is 0.317. The highest BCUT2D eigenvalue weighted by Gasteiger charge is 2.47. The van der Waals surface area contributed by atoms with Crippen LogP contribution in [0.1, 0.15) is 28.0 Å². The van der Waals surface area contributed by atoms with Gasteiger partial charge in [-0.15, -0.1) is 0 Å². The van der Waals surface area contributed by atoms with Crippen LogP contribution in [0, 0.1) is 11.3 Å². The zero-order chi connectivity index (χ0) is 18.0. The van der Waals surface area contributed by atoms with Crippen molar-refractivity contribution in [2.75, 3.05) is 19.6 Å². The zero-order valence-electron chi connectivity index (χ0n) is 13.4. The maximum atomic E-state index is 13.4. The summed E-state index contributed by atoms with van der Waals surface area (Å²) in [5.74, 6) is -4.27. The van der Waals surface area contributed by atoms with Crippen molar-refractivity contribution < 1.29 is 18.4 Å². The molecular formula is C16H17F2N5O2. The van der Waals surface area contributed by atoms with Gasteiger partial charge in [0.25, 0.3) is 11.8 Å². The first-order valence-corrected chi connectivity index (χ1v) is 7.93. The predicted octanol–water partition coefficient (Wildman–Crippen LogP) is 0.217. The molecule has 3 heterocycles. The first kappa shape index (κ1) is 17.2. The second-order valence-electron chi connectivity index (χ2n) is 6.17. The lowest BCUT2D eigenvalue weighted by Gasteiger charge is -2.19. The highest BCUT2D eigenvalue weighted by atomic mass is 19.3. The number of amides is 2. The number of nitrogens with zero attached hydrogens (tertiary/aromatic N) is 3. The van der Waals surface area contributed by atoms with E-state index in [1.165, 1.54) is 6.20 Å². The van der Waals surface area contributed by atoms with Gasteiger partial charge in [0, 0.05) is 19.2 Å². The molecule has 2 N–H and O–H groups in total. The molecule has 2 aliphatic rings. The van der Waals surface area contributed by atoms with Gasteiger partial charge in [-0.05, 0) is 24.6 Å².